The van der Waals surface area contributed by atoms with Crippen molar-refractivity contribution in [2.24, 2.45) is 5.92 Å². The number of hydrogen-bond donors (Lipinski definition) is 1. The van der Waals surface area contributed by atoms with Crippen molar-refractivity contribution in [1.29, 1.82) is 0 Å². The van der Waals surface area contributed by atoms with Crippen LogP contribution >= 0.6 is 0 Å². The Morgan fingerprint density at radius 3 is 2.46 bits per heavy atom. The highest BCUT2D eigenvalue weighted by Gasteiger charge is 2.39. The molecule has 1 aliphatic rings. The van der Waals surface area contributed by atoms with Crippen molar-refractivity contribution >= 4 is 17.8 Å². The minimum atomic E-state index is -0.678. The van der Waals surface area contributed by atoms with Crippen molar-refractivity contribution in [3.05, 3.63) is 35.9 Å². The van der Waals surface area contributed by atoms with Crippen LogP contribution in [0.1, 0.15) is 37.0 Å². The van der Waals surface area contributed by atoms with Gasteiger partial charge >= 0.3 is 5.97 Å². The fourth-order valence-corrected chi connectivity index (χ4v) is 2.92. The molecule has 1 N–H and O–H groups in total. The summed E-state index contributed by atoms with van der Waals surface area (Å²) in [7, 11) is 1.32. The highest BCUT2D eigenvalue weighted by atomic mass is 16.5. The maximum atomic E-state index is 12.9. The molecule has 2 rings (SSSR count). The van der Waals surface area contributed by atoms with E-state index in [1.807, 2.05) is 19.9 Å². The number of carbonyl (C=O) groups is 3. The Morgan fingerprint density at radius 2 is 1.88 bits per heavy atom. The molecule has 6 heteroatoms. The van der Waals surface area contributed by atoms with E-state index in [4.69, 9.17) is 4.74 Å². The highest BCUT2D eigenvalue weighted by molar-refractivity contribution is 5.98. The average molecular weight is 332 g/mol. The van der Waals surface area contributed by atoms with E-state index in [0.29, 0.717) is 18.5 Å². The number of amides is 2. The summed E-state index contributed by atoms with van der Waals surface area (Å²) in [5.41, 5.74) is 0.502. The molecule has 0 unspecified atom stereocenters. The average Bonchev–Trinajstić information content (AvgIpc) is 3.08. The summed E-state index contributed by atoms with van der Waals surface area (Å²) in [6.45, 7) is 4.25. The zero-order valence-corrected chi connectivity index (χ0v) is 14.3. The molecule has 2 atom stereocenters. The summed E-state index contributed by atoms with van der Waals surface area (Å²) in [6, 6.07) is 7.53. The Kier molecular flexibility index (Phi) is 5.95. The SMILES string of the molecule is COC(=O)[C@@H]1CCCN1C(=O)[C@@H](NC(=O)c1ccccc1)C(C)C. The predicted octanol–water partition coefficient (Wildman–Crippen LogP) is 1.60. The monoisotopic (exact) mass is 332 g/mol. The molecule has 1 aromatic carbocycles. The first-order chi connectivity index (χ1) is 11.5. The number of hydrogen-bond acceptors (Lipinski definition) is 4. The van der Waals surface area contributed by atoms with E-state index in [1.54, 1.807) is 24.3 Å². The lowest BCUT2D eigenvalue weighted by molar-refractivity contribution is -0.151. The van der Waals surface area contributed by atoms with Crippen LogP contribution in [0.2, 0.25) is 0 Å². The van der Waals surface area contributed by atoms with Gasteiger partial charge in [-0.3, -0.25) is 9.59 Å². The van der Waals surface area contributed by atoms with Crippen LogP contribution in [0, 0.1) is 5.92 Å². The normalized spacial score (nSPS) is 18.3. The molecule has 0 aromatic heterocycles. The number of ether oxygens (including phenoxy) is 1. The van der Waals surface area contributed by atoms with E-state index >= 15 is 0 Å². The van der Waals surface area contributed by atoms with Gasteiger partial charge < -0.3 is 15.0 Å². The van der Waals surface area contributed by atoms with Gasteiger partial charge in [0.2, 0.25) is 5.91 Å². The molecule has 1 saturated heterocycles. The lowest BCUT2D eigenvalue weighted by atomic mass is 10.0. The third kappa shape index (κ3) is 3.93. The van der Waals surface area contributed by atoms with Gasteiger partial charge in [0.1, 0.15) is 12.1 Å². The molecule has 1 aliphatic heterocycles. The van der Waals surface area contributed by atoms with Crippen LogP contribution in [0.4, 0.5) is 0 Å². The second-order valence-corrected chi connectivity index (χ2v) is 6.27. The maximum absolute atomic E-state index is 12.9. The fraction of sp³-hybridized carbons (Fsp3) is 0.500. The lowest BCUT2D eigenvalue weighted by Gasteiger charge is -2.29. The van der Waals surface area contributed by atoms with E-state index in [2.05, 4.69) is 5.32 Å². The van der Waals surface area contributed by atoms with Crippen molar-refractivity contribution < 1.29 is 19.1 Å². The van der Waals surface area contributed by atoms with Crippen LogP contribution in [0.3, 0.4) is 0 Å². The van der Waals surface area contributed by atoms with Gasteiger partial charge in [0.25, 0.3) is 5.91 Å². The van der Waals surface area contributed by atoms with Gasteiger partial charge in [-0.05, 0) is 30.9 Å². The molecule has 0 saturated carbocycles. The number of nitrogens with one attached hydrogen (secondary N) is 1. The Hall–Kier alpha value is -2.37. The van der Waals surface area contributed by atoms with Gasteiger partial charge in [-0.25, -0.2) is 4.79 Å². The minimum absolute atomic E-state index is 0.0935. The summed E-state index contributed by atoms with van der Waals surface area (Å²) in [4.78, 5) is 38.7. The quantitative estimate of drug-likeness (QED) is 0.831. The second-order valence-electron chi connectivity index (χ2n) is 6.27. The largest absolute Gasteiger partial charge is 0.467 e. The Balaban J connectivity index is 2.13. The number of benzene rings is 1. The van der Waals surface area contributed by atoms with Crippen molar-refractivity contribution in [2.75, 3.05) is 13.7 Å². The van der Waals surface area contributed by atoms with Gasteiger partial charge in [0, 0.05) is 12.1 Å². The van der Waals surface area contributed by atoms with Crippen LogP contribution in [-0.2, 0) is 14.3 Å². The Labute approximate surface area is 142 Å². The first-order valence-electron chi connectivity index (χ1n) is 8.20. The highest BCUT2D eigenvalue weighted by Crippen LogP contribution is 2.21. The lowest BCUT2D eigenvalue weighted by Crippen LogP contribution is -2.53. The molecular weight excluding hydrogens is 308 g/mol. The van der Waals surface area contributed by atoms with Crippen molar-refractivity contribution in [1.82, 2.24) is 10.2 Å². The molecule has 2 amide bonds. The molecule has 24 heavy (non-hydrogen) atoms. The van der Waals surface area contributed by atoms with Gasteiger partial charge in [-0.1, -0.05) is 32.0 Å². The second kappa shape index (κ2) is 7.95. The molecule has 0 aliphatic carbocycles. The van der Waals surface area contributed by atoms with E-state index in [0.717, 1.165) is 6.42 Å². The summed E-state index contributed by atoms with van der Waals surface area (Å²) in [5.74, 6) is -1.03. The van der Waals surface area contributed by atoms with Gasteiger partial charge in [0.05, 0.1) is 7.11 Å². The summed E-state index contributed by atoms with van der Waals surface area (Å²) in [5, 5.41) is 2.80. The van der Waals surface area contributed by atoms with Gasteiger partial charge in [0.15, 0.2) is 0 Å². The topological polar surface area (TPSA) is 75.7 Å². The van der Waals surface area contributed by atoms with Crippen LogP contribution < -0.4 is 5.32 Å². The van der Waals surface area contributed by atoms with Gasteiger partial charge in [-0.15, -0.1) is 0 Å². The van der Waals surface area contributed by atoms with Crippen LogP contribution in [0.15, 0.2) is 30.3 Å². The zero-order chi connectivity index (χ0) is 17.7. The molecule has 1 heterocycles. The molecule has 6 nitrogen and oxygen atoms in total. The molecular formula is C18H24N2O4. The molecule has 0 radical (unpaired) electrons. The maximum Gasteiger partial charge on any atom is 0.328 e. The smallest absolute Gasteiger partial charge is 0.328 e. The molecule has 0 bridgehead atoms. The summed E-state index contributed by atoms with van der Waals surface area (Å²) in [6.07, 6.45) is 1.35. The number of nitrogens with zero attached hydrogens (tertiary/aromatic N) is 1. The predicted molar refractivity (Wildman–Crippen MR) is 89.3 cm³/mol. The summed E-state index contributed by atoms with van der Waals surface area (Å²) >= 11 is 0. The third-order valence-corrected chi connectivity index (χ3v) is 4.26. The van der Waals surface area contributed by atoms with Crippen LogP contribution in [0.5, 0.6) is 0 Å². The van der Waals surface area contributed by atoms with Crippen molar-refractivity contribution in [2.45, 2.75) is 38.8 Å². The molecule has 1 aromatic rings. The minimum Gasteiger partial charge on any atom is -0.467 e. The molecule has 1 fully saturated rings. The van der Waals surface area contributed by atoms with Crippen LogP contribution in [-0.4, -0.2) is 48.4 Å². The number of carbonyl (C=O) groups excluding carboxylic acids is 3. The van der Waals surface area contributed by atoms with Gasteiger partial charge in [-0.2, -0.15) is 0 Å². The van der Waals surface area contributed by atoms with E-state index < -0.39 is 18.1 Å². The van der Waals surface area contributed by atoms with E-state index in [-0.39, 0.29) is 17.7 Å². The fourth-order valence-electron chi connectivity index (χ4n) is 2.92. The number of likely N-dealkylation sites (tertiary alicyclic amines) is 1. The van der Waals surface area contributed by atoms with Crippen molar-refractivity contribution in [3.63, 3.8) is 0 Å². The first-order valence-corrected chi connectivity index (χ1v) is 8.20. The first kappa shape index (κ1) is 18.0. The van der Waals surface area contributed by atoms with E-state index in [1.165, 1.54) is 12.0 Å². The third-order valence-electron chi connectivity index (χ3n) is 4.26. The van der Waals surface area contributed by atoms with Crippen molar-refractivity contribution in [3.8, 4) is 0 Å². The number of rotatable bonds is 5. The Morgan fingerprint density at radius 1 is 1.21 bits per heavy atom. The molecule has 130 valence electrons. The molecule has 0 spiro atoms. The standard InChI is InChI=1S/C18H24N2O4/c1-12(2)15(19-16(21)13-8-5-4-6-9-13)17(22)20-11-7-10-14(20)18(23)24-3/h4-6,8-9,12,14-15H,7,10-11H2,1-3H3,(H,19,21)/t14-,15-/m0/s1. The van der Waals surface area contributed by atoms with Crippen LogP contribution in [0.25, 0.3) is 0 Å². The number of methoxy groups -OCH3 is 1. The number of esters is 1. The Bertz CT molecular complexity index is 600. The summed E-state index contributed by atoms with van der Waals surface area (Å²) < 4.78 is 4.79. The zero-order valence-electron chi connectivity index (χ0n) is 14.3. The van der Waals surface area contributed by atoms with E-state index in [9.17, 15) is 14.4 Å².